The van der Waals surface area contributed by atoms with Gasteiger partial charge in [0.2, 0.25) is 0 Å². The molecular weight excluding hydrogens is 338 g/mol. The monoisotopic (exact) mass is 361 g/mol. The number of sulfone groups is 1. The third-order valence-corrected chi connectivity index (χ3v) is 5.66. The van der Waals surface area contributed by atoms with Crippen LogP contribution in [0.1, 0.15) is 25.8 Å². The van der Waals surface area contributed by atoms with Crippen LogP contribution in [0.3, 0.4) is 0 Å². The van der Waals surface area contributed by atoms with Gasteiger partial charge >= 0.3 is 0 Å². The Morgan fingerprint density at radius 3 is 2.40 bits per heavy atom. The van der Waals surface area contributed by atoms with Crippen LogP contribution in [0.2, 0.25) is 0 Å². The second-order valence-corrected chi connectivity index (χ2v) is 8.42. The molecule has 0 heterocycles. The fourth-order valence-electron chi connectivity index (χ4n) is 2.07. The maximum Gasteiger partial charge on any atom is 0.150 e. The van der Waals surface area contributed by atoms with Crippen molar-refractivity contribution < 1.29 is 8.42 Å². The molecule has 0 fully saturated rings. The van der Waals surface area contributed by atoms with E-state index in [0.717, 1.165) is 30.4 Å². The Kier molecular flexibility index (Phi) is 7.77. The van der Waals surface area contributed by atoms with Crippen molar-refractivity contribution >= 4 is 25.8 Å². The van der Waals surface area contributed by atoms with E-state index < -0.39 is 9.84 Å². The van der Waals surface area contributed by atoms with Crippen molar-refractivity contribution in [2.75, 3.05) is 24.6 Å². The first-order valence-electron chi connectivity index (χ1n) is 7.12. The molecule has 0 bridgehead atoms. The highest BCUT2D eigenvalue weighted by Crippen LogP contribution is 2.16. The van der Waals surface area contributed by atoms with E-state index in [1.807, 2.05) is 12.1 Å². The lowest BCUT2D eigenvalue weighted by atomic mass is 9.97. The zero-order valence-corrected chi connectivity index (χ0v) is 14.6. The Morgan fingerprint density at radius 1 is 1.20 bits per heavy atom. The van der Waals surface area contributed by atoms with Crippen LogP contribution >= 0.6 is 15.9 Å². The summed E-state index contributed by atoms with van der Waals surface area (Å²) in [5.74, 6) is 0.882. The molecule has 0 aromatic heterocycles. The zero-order chi connectivity index (χ0) is 15.0. The molecule has 0 aliphatic rings. The van der Waals surface area contributed by atoms with Crippen LogP contribution in [0, 0.1) is 5.92 Å². The second kappa shape index (κ2) is 8.80. The molecule has 20 heavy (non-hydrogen) atoms. The van der Waals surface area contributed by atoms with Crippen LogP contribution in [0.15, 0.2) is 28.7 Å². The Morgan fingerprint density at radius 2 is 1.85 bits per heavy atom. The summed E-state index contributed by atoms with van der Waals surface area (Å²) < 4.78 is 24.4. The van der Waals surface area contributed by atoms with Crippen LogP contribution in [-0.2, 0) is 16.3 Å². The molecule has 1 N–H and O–H groups in total. The van der Waals surface area contributed by atoms with Gasteiger partial charge in [0.15, 0.2) is 0 Å². The molecule has 5 heteroatoms. The van der Waals surface area contributed by atoms with E-state index >= 15 is 0 Å². The molecule has 1 atom stereocenters. The van der Waals surface area contributed by atoms with Crippen molar-refractivity contribution in [1.29, 1.82) is 0 Å². The van der Waals surface area contributed by atoms with Gasteiger partial charge in [-0.3, -0.25) is 0 Å². The molecule has 0 aliphatic heterocycles. The van der Waals surface area contributed by atoms with Gasteiger partial charge in [-0.25, -0.2) is 8.42 Å². The summed E-state index contributed by atoms with van der Waals surface area (Å²) in [5.41, 5.74) is 1.25. The minimum absolute atomic E-state index is 0.235. The number of hydrogen-bond donors (Lipinski definition) is 1. The van der Waals surface area contributed by atoms with E-state index in [4.69, 9.17) is 0 Å². The van der Waals surface area contributed by atoms with Gasteiger partial charge in [-0.15, -0.1) is 0 Å². The first-order chi connectivity index (χ1) is 9.46. The first kappa shape index (κ1) is 17.7. The topological polar surface area (TPSA) is 46.2 Å². The summed E-state index contributed by atoms with van der Waals surface area (Å²) in [6.45, 7) is 5.56. The normalized spacial score (nSPS) is 13.3. The average Bonchev–Trinajstić information content (AvgIpc) is 2.44. The van der Waals surface area contributed by atoms with E-state index in [1.54, 1.807) is 6.92 Å². The second-order valence-electron chi connectivity index (χ2n) is 5.03. The minimum Gasteiger partial charge on any atom is -0.317 e. The summed E-state index contributed by atoms with van der Waals surface area (Å²) >= 11 is 3.43. The maximum absolute atomic E-state index is 11.6. The van der Waals surface area contributed by atoms with Crippen molar-refractivity contribution in [1.82, 2.24) is 5.32 Å². The standard InChI is InChI=1S/C15H24BrNO2S/c1-3-17-12-14(9-10-20(18,19)4-2)11-13-5-7-15(16)8-6-13/h5-8,14,17H,3-4,9-12H2,1-2H3. The lowest BCUT2D eigenvalue weighted by molar-refractivity contribution is 0.465. The summed E-state index contributed by atoms with van der Waals surface area (Å²) in [5, 5.41) is 3.33. The van der Waals surface area contributed by atoms with Crippen LogP contribution in [-0.4, -0.2) is 33.0 Å². The largest absolute Gasteiger partial charge is 0.317 e. The SMILES string of the molecule is CCNCC(CCS(=O)(=O)CC)Cc1ccc(Br)cc1. The number of halogens is 1. The lowest BCUT2D eigenvalue weighted by Gasteiger charge is -2.17. The molecular formula is C15H24BrNO2S. The molecule has 114 valence electrons. The van der Waals surface area contributed by atoms with Crippen LogP contribution in [0.5, 0.6) is 0 Å². The van der Waals surface area contributed by atoms with Gasteiger partial charge in [0.1, 0.15) is 9.84 Å². The minimum atomic E-state index is -2.87. The summed E-state index contributed by atoms with van der Waals surface area (Å²) in [6, 6.07) is 8.25. The van der Waals surface area contributed by atoms with Crippen molar-refractivity contribution in [3.05, 3.63) is 34.3 Å². The molecule has 0 amide bonds. The molecule has 1 rings (SSSR count). The summed E-state index contributed by atoms with van der Waals surface area (Å²) in [7, 11) is -2.87. The van der Waals surface area contributed by atoms with Crippen LogP contribution in [0.4, 0.5) is 0 Å². The molecule has 0 radical (unpaired) electrons. The highest BCUT2D eigenvalue weighted by Gasteiger charge is 2.14. The molecule has 1 aromatic rings. The first-order valence-corrected chi connectivity index (χ1v) is 9.74. The number of hydrogen-bond acceptors (Lipinski definition) is 3. The van der Waals surface area contributed by atoms with Crippen molar-refractivity contribution in [2.24, 2.45) is 5.92 Å². The van der Waals surface area contributed by atoms with Gasteiger partial charge in [0.05, 0.1) is 5.75 Å². The molecule has 0 spiro atoms. The lowest BCUT2D eigenvalue weighted by Crippen LogP contribution is -2.26. The fraction of sp³-hybridized carbons (Fsp3) is 0.600. The molecule has 0 aliphatic carbocycles. The van der Waals surface area contributed by atoms with E-state index in [9.17, 15) is 8.42 Å². The van der Waals surface area contributed by atoms with Crippen LogP contribution < -0.4 is 5.32 Å². The van der Waals surface area contributed by atoms with Crippen molar-refractivity contribution in [2.45, 2.75) is 26.7 Å². The quantitative estimate of drug-likeness (QED) is 0.735. The average molecular weight is 362 g/mol. The van der Waals surface area contributed by atoms with E-state index in [-0.39, 0.29) is 11.5 Å². The summed E-state index contributed by atoms with van der Waals surface area (Å²) in [4.78, 5) is 0. The predicted molar refractivity (Wildman–Crippen MR) is 88.8 cm³/mol. The Balaban J connectivity index is 2.61. The summed E-state index contributed by atoms with van der Waals surface area (Å²) in [6.07, 6.45) is 1.64. The molecule has 1 aromatic carbocycles. The Labute approximate surface area is 131 Å². The van der Waals surface area contributed by atoms with Gasteiger partial charge in [0, 0.05) is 10.2 Å². The fourth-order valence-corrected chi connectivity index (χ4v) is 3.31. The smallest absolute Gasteiger partial charge is 0.150 e. The molecule has 1 unspecified atom stereocenters. The third-order valence-electron chi connectivity index (χ3n) is 3.40. The number of rotatable bonds is 9. The van der Waals surface area contributed by atoms with E-state index in [0.29, 0.717) is 5.92 Å². The van der Waals surface area contributed by atoms with Gasteiger partial charge < -0.3 is 5.32 Å². The van der Waals surface area contributed by atoms with E-state index in [1.165, 1.54) is 5.56 Å². The molecule has 0 saturated heterocycles. The number of nitrogens with one attached hydrogen (secondary N) is 1. The highest BCUT2D eigenvalue weighted by atomic mass is 79.9. The van der Waals surface area contributed by atoms with Gasteiger partial charge in [-0.2, -0.15) is 0 Å². The van der Waals surface area contributed by atoms with Gasteiger partial charge in [0.25, 0.3) is 0 Å². The van der Waals surface area contributed by atoms with Crippen molar-refractivity contribution in [3.8, 4) is 0 Å². The molecule has 3 nitrogen and oxygen atoms in total. The maximum atomic E-state index is 11.6. The van der Waals surface area contributed by atoms with Crippen molar-refractivity contribution in [3.63, 3.8) is 0 Å². The Hall–Kier alpha value is -0.390. The zero-order valence-electron chi connectivity index (χ0n) is 12.2. The van der Waals surface area contributed by atoms with E-state index in [2.05, 4.69) is 40.3 Å². The van der Waals surface area contributed by atoms with Gasteiger partial charge in [-0.05, 0) is 49.5 Å². The highest BCUT2D eigenvalue weighted by molar-refractivity contribution is 9.10. The number of benzene rings is 1. The Bertz CT molecular complexity index is 485. The van der Waals surface area contributed by atoms with Gasteiger partial charge in [-0.1, -0.05) is 41.9 Å². The third kappa shape index (κ3) is 6.86. The molecule has 0 saturated carbocycles. The predicted octanol–water partition coefficient (Wildman–Crippen LogP) is 3.04. The van der Waals surface area contributed by atoms with Crippen LogP contribution in [0.25, 0.3) is 0 Å².